The highest BCUT2D eigenvalue weighted by Crippen LogP contribution is 2.30. The molecule has 186 valence electrons. The van der Waals surface area contributed by atoms with Crippen LogP contribution in [0.1, 0.15) is 33.2 Å². The van der Waals surface area contributed by atoms with E-state index < -0.39 is 33.7 Å². The number of alkyl halides is 3. The Labute approximate surface area is 201 Å². The Hall–Kier alpha value is -3.21. The number of nitrogens with one attached hydrogen (secondary N) is 1. The van der Waals surface area contributed by atoms with Gasteiger partial charge in [0.15, 0.2) is 0 Å². The van der Waals surface area contributed by atoms with Crippen LogP contribution in [0, 0.1) is 0 Å². The zero-order chi connectivity index (χ0) is 25.6. The summed E-state index contributed by atoms with van der Waals surface area (Å²) in [6.45, 7) is 0.493. The molecule has 0 spiro atoms. The molecule has 2 N–H and O–H groups in total. The third-order valence-electron chi connectivity index (χ3n) is 5.35. The Morgan fingerprint density at radius 2 is 1.60 bits per heavy atom. The van der Waals surface area contributed by atoms with Gasteiger partial charge in [-0.3, -0.25) is 0 Å². The van der Waals surface area contributed by atoms with Crippen molar-refractivity contribution in [2.45, 2.75) is 28.5 Å². The van der Waals surface area contributed by atoms with Crippen LogP contribution in [0.3, 0.4) is 0 Å². The summed E-state index contributed by atoms with van der Waals surface area (Å²) in [5, 5.41) is 13.2. The molecule has 0 radical (unpaired) electrons. The van der Waals surface area contributed by atoms with Gasteiger partial charge < -0.3 is 15.2 Å². The smallest absolute Gasteiger partial charge is 0.416 e. The maximum Gasteiger partial charge on any atom is 0.416 e. The van der Waals surface area contributed by atoms with Gasteiger partial charge in [0.2, 0.25) is 9.84 Å². The van der Waals surface area contributed by atoms with E-state index in [1.54, 1.807) is 12.1 Å². The van der Waals surface area contributed by atoms with Gasteiger partial charge in [0.1, 0.15) is 0 Å². The fraction of sp³-hybridized carbons (Fsp3) is 0.240. The third-order valence-corrected chi connectivity index (χ3v) is 7.13. The molecule has 3 rings (SSSR count). The van der Waals surface area contributed by atoms with E-state index in [2.05, 4.69) is 10.1 Å². The Morgan fingerprint density at radius 1 is 1.00 bits per heavy atom. The van der Waals surface area contributed by atoms with Crippen LogP contribution in [0.25, 0.3) is 0 Å². The molecule has 3 aromatic rings. The molecule has 10 heteroatoms. The lowest BCUT2D eigenvalue weighted by Gasteiger charge is -2.14. The molecule has 35 heavy (non-hydrogen) atoms. The molecule has 0 heterocycles. The van der Waals surface area contributed by atoms with Crippen molar-refractivity contribution in [3.05, 3.63) is 95.1 Å². The molecular weight excluding hydrogens is 483 g/mol. The van der Waals surface area contributed by atoms with Crippen LogP contribution >= 0.6 is 0 Å². The number of halogens is 3. The van der Waals surface area contributed by atoms with E-state index in [9.17, 15) is 31.5 Å². The fourth-order valence-corrected chi connectivity index (χ4v) is 4.63. The van der Waals surface area contributed by atoms with Gasteiger partial charge in [-0.15, -0.1) is 0 Å². The molecule has 6 nitrogen and oxygen atoms in total. The van der Waals surface area contributed by atoms with Crippen molar-refractivity contribution in [3.63, 3.8) is 0 Å². The van der Waals surface area contributed by atoms with Crippen LogP contribution < -0.4 is 5.32 Å². The van der Waals surface area contributed by atoms with Gasteiger partial charge in [0.25, 0.3) is 0 Å². The summed E-state index contributed by atoms with van der Waals surface area (Å²) < 4.78 is 68.7. The van der Waals surface area contributed by atoms with E-state index >= 15 is 0 Å². The van der Waals surface area contributed by atoms with E-state index in [0.717, 1.165) is 17.7 Å². The van der Waals surface area contributed by atoms with Gasteiger partial charge in [-0.05, 0) is 72.6 Å². The predicted octanol–water partition coefficient (Wildman–Crippen LogP) is 4.19. The van der Waals surface area contributed by atoms with Gasteiger partial charge in [-0.2, -0.15) is 13.2 Å². The monoisotopic (exact) mass is 507 g/mol. The number of aliphatic hydroxyl groups is 1. The predicted molar refractivity (Wildman–Crippen MR) is 123 cm³/mol. The summed E-state index contributed by atoms with van der Waals surface area (Å²) in [5.74, 6) is -0.561. The lowest BCUT2D eigenvalue weighted by Crippen LogP contribution is -2.24. The molecule has 3 aromatic carbocycles. The van der Waals surface area contributed by atoms with Gasteiger partial charge in [0.05, 0.1) is 34.1 Å². The van der Waals surface area contributed by atoms with Crippen molar-refractivity contribution in [1.82, 2.24) is 5.32 Å². The number of ether oxygens (including phenoxy) is 1. The maximum atomic E-state index is 12.8. The molecule has 0 amide bonds. The number of methoxy groups -OCH3 is 1. The molecule has 0 fully saturated rings. The molecule has 0 saturated carbocycles. The van der Waals surface area contributed by atoms with E-state index in [0.29, 0.717) is 13.0 Å². The normalized spacial score (nSPS) is 12.8. The molecule has 0 aromatic heterocycles. The van der Waals surface area contributed by atoms with Crippen LogP contribution in [-0.4, -0.2) is 39.7 Å². The zero-order valence-electron chi connectivity index (χ0n) is 18.7. The standard InChI is InChI=1S/C25H24F3NO5S/c1-34-24(31)18-7-11-22(12-8-18)35(32,33)21-9-5-17(6-10-21)13-14-29-16-23(30)19-3-2-4-20(15-19)25(26,27)28/h2-12,15,23,29-30H,13-14,16H2,1H3/t23-/m0/s1. The Balaban J connectivity index is 1.55. The number of rotatable bonds is 9. The first-order valence-electron chi connectivity index (χ1n) is 10.6. The Kier molecular flexibility index (Phi) is 8.31. The lowest BCUT2D eigenvalue weighted by molar-refractivity contribution is -0.137. The van der Waals surface area contributed by atoms with Crippen molar-refractivity contribution in [2.24, 2.45) is 0 Å². The topological polar surface area (TPSA) is 92.7 Å². The van der Waals surface area contributed by atoms with E-state index in [-0.39, 0.29) is 27.5 Å². The van der Waals surface area contributed by atoms with E-state index in [1.165, 1.54) is 55.6 Å². The minimum Gasteiger partial charge on any atom is -0.465 e. The number of carbonyl (C=O) groups excluding carboxylic acids is 1. The largest absolute Gasteiger partial charge is 0.465 e. The molecule has 0 unspecified atom stereocenters. The van der Waals surface area contributed by atoms with Crippen molar-refractivity contribution in [1.29, 1.82) is 0 Å². The molecule has 0 bridgehead atoms. The van der Waals surface area contributed by atoms with Crippen LogP contribution in [0.5, 0.6) is 0 Å². The summed E-state index contributed by atoms with van der Waals surface area (Å²) >= 11 is 0. The SMILES string of the molecule is COC(=O)c1ccc(S(=O)(=O)c2ccc(CCNC[C@H](O)c3cccc(C(F)(F)F)c3)cc2)cc1. The number of benzene rings is 3. The fourth-order valence-electron chi connectivity index (χ4n) is 3.37. The molecule has 0 aliphatic heterocycles. The van der Waals surface area contributed by atoms with Crippen molar-refractivity contribution < 1.29 is 36.2 Å². The molecule has 0 aliphatic rings. The first-order valence-corrected chi connectivity index (χ1v) is 12.1. The molecular formula is C25H24F3NO5S. The van der Waals surface area contributed by atoms with Gasteiger partial charge in [-0.25, -0.2) is 13.2 Å². The highest BCUT2D eigenvalue weighted by atomic mass is 32.2. The van der Waals surface area contributed by atoms with E-state index in [4.69, 9.17) is 0 Å². The second-order valence-electron chi connectivity index (χ2n) is 7.76. The zero-order valence-corrected chi connectivity index (χ0v) is 19.6. The second kappa shape index (κ2) is 11.0. The number of aliphatic hydroxyl groups excluding tert-OH is 1. The van der Waals surface area contributed by atoms with Gasteiger partial charge in [0, 0.05) is 6.54 Å². The van der Waals surface area contributed by atoms with Gasteiger partial charge >= 0.3 is 12.1 Å². The Bertz CT molecular complexity index is 1260. The first-order chi connectivity index (χ1) is 16.5. The summed E-state index contributed by atoms with van der Waals surface area (Å²) in [6.07, 6.45) is -5.06. The maximum absolute atomic E-state index is 12.8. The Morgan fingerprint density at radius 3 is 2.17 bits per heavy atom. The summed E-state index contributed by atoms with van der Waals surface area (Å²) in [4.78, 5) is 11.7. The molecule has 1 atom stereocenters. The van der Waals surface area contributed by atoms with Crippen LogP contribution in [0.4, 0.5) is 13.2 Å². The lowest BCUT2D eigenvalue weighted by atomic mass is 10.1. The molecule has 0 aliphatic carbocycles. The highest BCUT2D eigenvalue weighted by molar-refractivity contribution is 7.91. The third kappa shape index (κ3) is 6.68. The van der Waals surface area contributed by atoms with Crippen LogP contribution in [-0.2, 0) is 27.2 Å². The average molecular weight is 508 g/mol. The first kappa shape index (κ1) is 26.4. The average Bonchev–Trinajstić information content (AvgIpc) is 2.86. The molecule has 0 saturated heterocycles. The number of hydrogen-bond donors (Lipinski definition) is 2. The van der Waals surface area contributed by atoms with Gasteiger partial charge in [-0.1, -0.05) is 24.3 Å². The summed E-state index contributed by atoms with van der Waals surface area (Å²) in [7, 11) is -2.53. The van der Waals surface area contributed by atoms with E-state index in [1.807, 2.05) is 0 Å². The van der Waals surface area contributed by atoms with Crippen LogP contribution in [0.15, 0.2) is 82.6 Å². The summed E-state index contributed by atoms with van der Waals surface area (Å²) in [6, 6.07) is 16.3. The summed E-state index contributed by atoms with van der Waals surface area (Å²) in [5.41, 5.74) is 0.434. The minimum atomic E-state index is -4.48. The number of carbonyl (C=O) groups is 1. The van der Waals surface area contributed by atoms with Crippen molar-refractivity contribution in [3.8, 4) is 0 Å². The van der Waals surface area contributed by atoms with Crippen LogP contribution in [0.2, 0.25) is 0 Å². The van der Waals surface area contributed by atoms with Crippen molar-refractivity contribution in [2.75, 3.05) is 20.2 Å². The number of hydrogen-bond acceptors (Lipinski definition) is 6. The van der Waals surface area contributed by atoms with Crippen molar-refractivity contribution >= 4 is 15.8 Å². The highest BCUT2D eigenvalue weighted by Gasteiger charge is 2.30. The number of esters is 1. The minimum absolute atomic E-state index is 0.0446. The number of sulfone groups is 1. The quantitative estimate of drug-likeness (QED) is 0.333. The second-order valence-corrected chi connectivity index (χ2v) is 9.71.